The Hall–Kier alpha value is -2.39. The number of nitrogens with two attached hydrogens (primary N) is 1. The molecular formula is C13H15N5O. The van der Waals surface area contributed by atoms with Crippen LogP contribution < -0.4 is 11.4 Å². The van der Waals surface area contributed by atoms with Gasteiger partial charge >= 0.3 is 5.69 Å². The molecule has 1 aromatic carbocycles. The molecule has 1 aromatic heterocycles. The number of H-pyrrole nitrogens is 1. The minimum absolute atomic E-state index is 0.310. The fraction of sp³-hybridized carbons (Fsp3) is 0.308. The minimum Gasteiger partial charge on any atom is -0.321 e. The van der Waals surface area contributed by atoms with Gasteiger partial charge in [0.25, 0.3) is 0 Å². The molecule has 0 amide bonds. The molecule has 2 aromatic rings. The summed E-state index contributed by atoms with van der Waals surface area (Å²) < 4.78 is 1.42. The number of nitrogens with zero attached hydrogens (tertiary/aromatic N) is 3. The Morgan fingerprint density at radius 1 is 1.58 bits per heavy atom. The first kappa shape index (κ1) is 13.1. The summed E-state index contributed by atoms with van der Waals surface area (Å²) in [4.78, 5) is 11.9. The van der Waals surface area contributed by atoms with Gasteiger partial charge in [0.2, 0.25) is 0 Å². The molecule has 3 N–H and O–H groups in total. The van der Waals surface area contributed by atoms with E-state index in [0.29, 0.717) is 17.1 Å². The predicted molar refractivity (Wildman–Crippen MR) is 70.7 cm³/mol. The van der Waals surface area contributed by atoms with Crippen molar-refractivity contribution >= 4 is 0 Å². The van der Waals surface area contributed by atoms with Gasteiger partial charge in [-0.2, -0.15) is 10.4 Å². The molecule has 0 aliphatic carbocycles. The van der Waals surface area contributed by atoms with Gasteiger partial charge in [0, 0.05) is 0 Å². The molecule has 0 aliphatic heterocycles. The zero-order chi connectivity index (χ0) is 13.8. The highest BCUT2D eigenvalue weighted by atomic mass is 16.1. The van der Waals surface area contributed by atoms with Gasteiger partial charge in [-0.05, 0) is 24.6 Å². The summed E-state index contributed by atoms with van der Waals surface area (Å²) in [7, 11) is 0. The summed E-state index contributed by atoms with van der Waals surface area (Å²) in [6.07, 6.45) is 1.64. The molecule has 6 heteroatoms. The number of aromatic nitrogens is 3. The molecule has 1 heterocycles. The molecule has 0 saturated heterocycles. The standard InChI is InChI=1S/C13H15N5O/c1-2-4-11(15)12-16-17-13(19)18(12)10-6-3-5-9(7-10)8-14/h3,5-7,11H,2,4,15H2,1H3,(H,17,19). The molecule has 1 unspecified atom stereocenters. The van der Waals surface area contributed by atoms with Crippen LogP contribution in [0.4, 0.5) is 0 Å². The van der Waals surface area contributed by atoms with Crippen LogP contribution >= 0.6 is 0 Å². The van der Waals surface area contributed by atoms with Crippen LogP contribution in [0.5, 0.6) is 0 Å². The molecule has 0 saturated carbocycles. The van der Waals surface area contributed by atoms with Crippen molar-refractivity contribution in [2.75, 3.05) is 0 Å². The van der Waals surface area contributed by atoms with Crippen molar-refractivity contribution in [1.82, 2.24) is 14.8 Å². The number of rotatable bonds is 4. The molecular weight excluding hydrogens is 242 g/mol. The van der Waals surface area contributed by atoms with Crippen molar-refractivity contribution in [3.8, 4) is 11.8 Å². The largest absolute Gasteiger partial charge is 0.347 e. The maximum absolute atomic E-state index is 11.9. The van der Waals surface area contributed by atoms with E-state index in [1.165, 1.54) is 4.57 Å². The lowest BCUT2D eigenvalue weighted by Crippen LogP contribution is -2.22. The van der Waals surface area contributed by atoms with E-state index in [1.54, 1.807) is 24.3 Å². The lowest BCUT2D eigenvalue weighted by atomic mass is 10.1. The number of hydrogen-bond donors (Lipinski definition) is 2. The van der Waals surface area contributed by atoms with Crippen LogP contribution in [0.2, 0.25) is 0 Å². The fourth-order valence-corrected chi connectivity index (χ4v) is 1.96. The maximum atomic E-state index is 11.9. The Labute approximate surface area is 110 Å². The second-order valence-corrected chi connectivity index (χ2v) is 4.28. The smallest absolute Gasteiger partial charge is 0.321 e. The monoisotopic (exact) mass is 257 g/mol. The molecule has 0 spiro atoms. The zero-order valence-corrected chi connectivity index (χ0v) is 10.6. The van der Waals surface area contributed by atoms with Gasteiger partial charge in [-0.15, -0.1) is 0 Å². The quantitative estimate of drug-likeness (QED) is 0.860. The zero-order valence-electron chi connectivity index (χ0n) is 10.6. The number of hydrogen-bond acceptors (Lipinski definition) is 4. The van der Waals surface area contributed by atoms with E-state index in [9.17, 15) is 4.79 Å². The highest BCUT2D eigenvalue weighted by Gasteiger charge is 2.16. The highest BCUT2D eigenvalue weighted by Crippen LogP contribution is 2.16. The Kier molecular flexibility index (Phi) is 3.78. The van der Waals surface area contributed by atoms with E-state index >= 15 is 0 Å². The third-order valence-electron chi connectivity index (χ3n) is 2.86. The number of benzene rings is 1. The lowest BCUT2D eigenvalue weighted by molar-refractivity contribution is 0.589. The highest BCUT2D eigenvalue weighted by molar-refractivity contribution is 5.41. The predicted octanol–water partition coefficient (Wildman–Crippen LogP) is 1.23. The van der Waals surface area contributed by atoms with Crippen molar-refractivity contribution in [2.24, 2.45) is 5.73 Å². The van der Waals surface area contributed by atoms with Crippen LogP contribution in [-0.2, 0) is 0 Å². The van der Waals surface area contributed by atoms with Crippen molar-refractivity contribution < 1.29 is 0 Å². The summed E-state index contributed by atoms with van der Waals surface area (Å²) in [5.74, 6) is 0.488. The number of nitrogens with one attached hydrogen (secondary N) is 1. The maximum Gasteiger partial charge on any atom is 0.347 e. The van der Waals surface area contributed by atoms with Gasteiger partial charge in [0.05, 0.1) is 23.4 Å². The van der Waals surface area contributed by atoms with Crippen LogP contribution in [0.15, 0.2) is 29.1 Å². The normalized spacial score (nSPS) is 12.1. The van der Waals surface area contributed by atoms with E-state index in [1.807, 2.05) is 13.0 Å². The molecule has 0 fully saturated rings. The summed E-state index contributed by atoms with van der Waals surface area (Å²) in [6.45, 7) is 2.02. The Balaban J connectivity index is 2.52. The summed E-state index contributed by atoms with van der Waals surface area (Å²) in [5, 5.41) is 15.3. The molecule has 6 nitrogen and oxygen atoms in total. The third-order valence-corrected chi connectivity index (χ3v) is 2.86. The van der Waals surface area contributed by atoms with E-state index in [4.69, 9.17) is 11.0 Å². The molecule has 1 atom stereocenters. The van der Waals surface area contributed by atoms with E-state index in [-0.39, 0.29) is 11.7 Å². The average Bonchev–Trinajstić information content (AvgIpc) is 2.81. The van der Waals surface area contributed by atoms with E-state index in [2.05, 4.69) is 10.2 Å². The summed E-state index contributed by atoms with van der Waals surface area (Å²) >= 11 is 0. The second kappa shape index (κ2) is 5.50. The first-order chi connectivity index (χ1) is 9.17. The van der Waals surface area contributed by atoms with Crippen molar-refractivity contribution in [3.05, 3.63) is 46.1 Å². The topological polar surface area (TPSA) is 100 Å². The summed E-state index contributed by atoms with van der Waals surface area (Å²) in [6, 6.07) is 8.53. The van der Waals surface area contributed by atoms with Gasteiger partial charge in [0.15, 0.2) is 5.82 Å². The van der Waals surface area contributed by atoms with Gasteiger partial charge in [-0.25, -0.2) is 14.5 Å². The minimum atomic E-state index is -0.350. The molecule has 2 rings (SSSR count). The van der Waals surface area contributed by atoms with Crippen LogP contribution in [0.1, 0.15) is 37.2 Å². The van der Waals surface area contributed by atoms with Crippen molar-refractivity contribution in [1.29, 1.82) is 5.26 Å². The Bertz CT molecular complexity index is 664. The van der Waals surface area contributed by atoms with E-state index < -0.39 is 0 Å². The molecule has 98 valence electrons. The van der Waals surface area contributed by atoms with Gasteiger partial charge in [-0.1, -0.05) is 19.4 Å². The van der Waals surface area contributed by atoms with Crippen LogP contribution in [-0.4, -0.2) is 14.8 Å². The molecule has 0 aliphatic rings. The average molecular weight is 257 g/mol. The Morgan fingerprint density at radius 3 is 3.05 bits per heavy atom. The van der Waals surface area contributed by atoms with Crippen LogP contribution in [0, 0.1) is 11.3 Å². The van der Waals surface area contributed by atoms with Crippen LogP contribution in [0.25, 0.3) is 5.69 Å². The number of nitriles is 1. The van der Waals surface area contributed by atoms with Gasteiger partial charge in [-0.3, -0.25) is 0 Å². The third kappa shape index (κ3) is 2.56. The molecule has 0 radical (unpaired) electrons. The first-order valence-electron chi connectivity index (χ1n) is 6.10. The Morgan fingerprint density at radius 2 is 2.37 bits per heavy atom. The lowest BCUT2D eigenvalue weighted by Gasteiger charge is -2.11. The molecule has 19 heavy (non-hydrogen) atoms. The van der Waals surface area contributed by atoms with Crippen molar-refractivity contribution in [3.63, 3.8) is 0 Å². The van der Waals surface area contributed by atoms with Gasteiger partial charge < -0.3 is 5.73 Å². The van der Waals surface area contributed by atoms with Crippen LogP contribution in [0.3, 0.4) is 0 Å². The van der Waals surface area contributed by atoms with Crippen molar-refractivity contribution in [2.45, 2.75) is 25.8 Å². The van der Waals surface area contributed by atoms with E-state index in [0.717, 1.165) is 12.8 Å². The fourth-order valence-electron chi connectivity index (χ4n) is 1.96. The second-order valence-electron chi connectivity index (χ2n) is 4.28. The summed E-state index contributed by atoms with van der Waals surface area (Å²) in [5.41, 5.74) is 6.75. The molecule has 0 bridgehead atoms. The SMILES string of the molecule is CCCC(N)c1n[nH]c(=O)n1-c1cccc(C#N)c1. The van der Waals surface area contributed by atoms with Gasteiger partial charge in [0.1, 0.15) is 0 Å². The first-order valence-corrected chi connectivity index (χ1v) is 6.10. The number of aromatic amines is 1.